The molecular formula is C17H21N3O2. The zero-order valence-corrected chi connectivity index (χ0v) is 13.3. The summed E-state index contributed by atoms with van der Waals surface area (Å²) in [4.78, 5) is 12.4. The van der Waals surface area contributed by atoms with Gasteiger partial charge in [-0.05, 0) is 37.8 Å². The highest BCUT2D eigenvalue weighted by atomic mass is 16.5. The van der Waals surface area contributed by atoms with Gasteiger partial charge in [-0.15, -0.1) is 0 Å². The number of carbonyl (C=O) groups is 1. The van der Waals surface area contributed by atoms with Crippen LogP contribution in [0.25, 0.3) is 5.57 Å². The van der Waals surface area contributed by atoms with Crippen molar-refractivity contribution in [3.63, 3.8) is 0 Å². The van der Waals surface area contributed by atoms with Crippen molar-refractivity contribution in [1.82, 2.24) is 4.57 Å². The van der Waals surface area contributed by atoms with Gasteiger partial charge in [0.05, 0.1) is 12.2 Å². The van der Waals surface area contributed by atoms with Crippen LogP contribution < -0.4 is 5.73 Å². The van der Waals surface area contributed by atoms with Crippen LogP contribution in [0.3, 0.4) is 0 Å². The number of aromatic nitrogens is 1. The number of nitriles is 1. The first-order valence-corrected chi connectivity index (χ1v) is 7.49. The SMILES string of the molecule is CCOC(=O)c1c(C2=CC=C(N)CC2)c(C#N)c(CC)n1C. The van der Waals surface area contributed by atoms with Gasteiger partial charge in [-0.1, -0.05) is 13.0 Å². The lowest BCUT2D eigenvalue weighted by atomic mass is 9.92. The van der Waals surface area contributed by atoms with Crippen molar-refractivity contribution >= 4 is 11.5 Å². The Bertz CT molecular complexity index is 702. The Balaban J connectivity index is 2.70. The van der Waals surface area contributed by atoms with Crippen molar-refractivity contribution in [2.45, 2.75) is 33.1 Å². The van der Waals surface area contributed by atoms with Crippen LogP contribution in [0.1, 0.15) is 54.0 Å². The number of nitrogens with two attached hydrogens (primary N) is 1. The van der Waals surface area contributed by atoms with Gasteiger partial charge in [0.15, 0.2) is 0 Å². The molecule has 2 N–H and O–H groups in total. The minimum Gasteiger partial charge on any atom is -0.461 e. The molecule has 5 nitrogen and oxygen atoms in total. The molecule has 0 fully saturated rings. The molecule has 0 bridgehead atoms. The van der Waals surface area contributed by atoms with E-state index in [9.17, 15) is 10.1 Å². The number of hydrogen-bond acceptors (Lipinski definition) is 4. The van der Waals surface area contributed by atoms with Crippen molar-refractivity contribution in [3.8, 4) is 6.07 Å². The quantitative estimate of drug-likeness (QED) is 0.867. The van der Waals surface area contributed by atoms with Crippen molar-refractivity contribution in [3.05, 3.63) is 40.4 Å². The topological polar surface area (TPSA) is 81.0 Å². The van der Waals surface area contributed by atoms with Crippen LogP contribution in [0, 0.1) is 11.3 Å². The predicted octanol–water partition coefficient (Wildman–Crippen LogP) is 2.66. The first-order valence-electron chi connectivity index (χ1n) is 7.49. The molecule has 0 radical (unpaired) electrons. The van der Waals surface area contributed by atoms with Crippen LogP contribution in [-0.4, -0.2) is 17.1 Å². The predicted molar refractivity (Wildman–Crippen MR) is 84.9 cm³/mol. The summed E-state index contributed by atoms with van der Waals surface area (Å²) in [5.74, 6) is -0.389. The molecule has 1 aromatic rings. The van der Waals surface area contributed by atoms with E-state index < -0.39 is 0 Å². The molecular weight excluding hydrogens is 278 g/mol. The monoisotopic (exact) mass is 299 g/mol. The zero-order valence-electron chi connectivity index (χ0n) is 13.3. The summed E-state index contributed by atoms with van der Waals surface area (Å²) < 4.78 is 6.97. The van der Waals surface area contributed by atoms with E-state index in [1.807, 2.05) is 26.1 Å². The van der Waals surface area contributed by atoms with Crippen LogP contribution in [0.5, 0.6) is 0 Å². The molecule has 1 heterocycles. The molecule has 22 heavy (non-hydrogen) atoms. The number of esters is 1. The first kappa shape index (κ1) is 15.9. The van der Waals surface area contributed by atoms with Crippen molar-refractivity contribution in [2.75, 3.05) is 6.61 Å². The minimum atomic E-state index is -0.389. The van der Waals surface area contributed by atoms with E-state index in [0.29, 0.717) is 29.8 Å². The van der Waals surface area contributed by atoms with Gasteiger partial charge in [0.2, 0.25) is 0 Å². The number of hydrogen-bond donors (Lipinski definition) is 1. The summed E-state index contributed by atoms with van der Waals surface area (Å²) in [6.07, 6.45) is 5.87. The molecule has 1 aromatic heterocycles. The zero-order chi connectivity index (χ0) is 16.3. The summed E-state index contributed by atoms with van der Waals surface area (Å²) in [5.41, 5.74) is 10.1. The number of allylic oxidation sites excluding steroid dienone is 4. The molecule has 2 rings (SSSR count). The highest BCUT2D eigenvalue weighted by Crippen LogP contribution is 2.34. The first-order chi connectivity index (χ1) is 10.5. The highest BCUT2D eigenvalue weighted by Gasteiger charge is 2.28. The van der Waals surface area contributed by atoms with Gasteiger partial charge in [0.25, 0.3) is 0 Å². The molecule has 1 aliphatic carbocycles. The lowest BCUT2D eigenvalue weighted by Gasteiger charge is -2.14. The van der Waals surface area contributed by atoms with Gasteiger partial charge in [-0.2, -0.15) is 5.26 Å². The van der Waals surface area contributed by atoms with E-state index >= 15 is 0 Å². The number of nitrogens with zero attached hydrogens (tertiary/aromatic N) is 2. The summed E-state index contributed by atoms with van der Waals surface area (Å²) in [6, 6.07) is 2.26. The second-order valence-corrected chi connectivity index (χ2v) is 5.22. The third-order valence-corrected chi connectivity index (χ3v) is 3.93. The van der Waals surface area contributed by atoms with E-state index in [0.717, 1.165) is 29.8 Å². The van der Waals surface area contributed by atoms with Gasteiger partial charge in [0.1, 0.15) is 11.8 Å². The van der Waals surface area contributed by atoms with E-state index in [-0.39, 0.29) is 5.97 Å². The van der Waals surface area contributed by atoms with Gasteiger partial charge >= 0.3 is 5.97 Å². The molecule has 1 aliphatic rings. The van der Waals surface area contributed by atoms with Crippen LogP contribution >= 0.6 is 0 Å². The van der Waals surface area contributed by atoms with Crippen LogP contribution in [0.15, 0.2) is 17.8 Å². The second kappa shape index (κ2) is 6.52. The number of rotatable bonds is 4. The molecule has 0 atom stereocenters. The smallest absolute Gasteiger partial charge is 0.355 e. The van der Waals surface area contributed by atoms with E-state index in [2.05, 4.69) is 6.07 Å². The largest absolute Gasteiger partial charge is 0.461 e. The Morgan fingerprint density at radius 1 is 1.41 bits per heavy atom. The van der Waals surface area contributed by atoms with Crippen molar-refractivity contribution in [1.29, 1.82) is 5.26 Å². The fraction of sp³-hybridized carbons (Fsp3) is 0.412. The maximum absolute atomic E-state index is 12.4. The summed E-state index contributed by atoms with van der Waals surface area (Å²) >= 11 is 0. The Morgan fingerprint density at radius 2 is 2.14 bits per heavy atom. The normalized spacial score (nSPS) is 14.1. The molecule has 0 saturated carbocycles. The van der Waals surface area contributed by atoms with E-state index in [1.54, 1.807) is 11.5 Å². The van der Waals surface area contributed by atoms with Crippen molar-refractivity contribution in [2.24, 2.45) is 12.8 Å². The van der Waals surface area contributed by atoms with Crippen LogP contribution in [-0.2, 0) is 18.2 Å². The fourth-order valence-electron chi connectivity index (χ4n) is 2.88. The van der Waals surface area contributed by atoms with Gasteiger partial charge in [-0.25, -0.2) is 4.79 Å². The van der Waals surface area contributed by atoms with Gasteiger partial charge in [0, 0.05) is 24.0 Å². The fourth-order valence-corrected chi connectivity index (χ4v) is 2.88. The Morgan fingerprint density at radius 3 is 2.64 bits per heavy atom. The molecule has 0 unspecified atom stereocenters. The maximum atomic E-state index is 12.4. The Hall–Kier alpha value is -2.48. The minimum absolute atomic E-state index is 0.304. The molecule has 5 heteroatoms. The molecule has 0 spiro atoms. The van der Waals surface area contributed by atoms with Gasteiger partial charge in [-0.3, -0.25) is 0 Å². The average Bonchev–Trinajstić information content (AvgIpc) is 2.80. The maximum Gasteiger partial charge on any atom is 0.355 e. The Labute approximate surface area is 130 Å². The molecule has 0 aromatic carbocycles. The average molecular weight is 299 g/mol. The molecule has 0 aliphatic heterocycles. The Kier molecular flexibility index (Phi) is 4.71. The standard InChI is InChI=1S/C17H21N3O2/c1-4-14-13(10-18)15(11-6-8-12(19)9-7-11)16(20(14)3)17(21)22-5-2/h6,8H,4-5,7,9,19H2,1-3H3. The van der Waals surface area contributed by atoms with Crippen LogP contribution in [0.4, 0.5) is 0 Å². The van der Waals surface area contributed by atoms with Crippen LogP contribution in [0.2, 0.25) is 0 Å². The lowest BCUT2D eigenvalue weighted by molar-refractivity contribution is 0.0514. The summed E-state index contributed by atoms with van der Waals surface area (Å²) in [5, 5.41) is 9.58. The van der Waals surface area contributed by atoms with E-state index in [4.69, 9.17) is 10.5 Å². The molecule has 0 amide bonds. The molecule has 116 valence electrons. The number of ether oxygens (including phenoxy) is 1. The third-order valence-electron chi connectivity index (χ3n) is 3.93. The third kappa shape index (κ3) is 2.64. The van der Waals surface area contributed by atoms with E-state index in [1.165, 1.54) is 0 Å². The number of carbonyl (C=O) groups excluding carboxylic acids is 1. The summed E-state index contributed by atoms with van der Waals surface area (Å²) in [6.45, 7) is 4.05. The van der Waals surface area contributed by atoms with Gasteiger partial charge < -0.3 is 15.0 Å². The second-order valence-electron chi connectivity index (χ2n) is 5.22. The van der Waals surface area contributed by atoms with Crippen molar-refractivity contribution < 1.29 is 9.53 Å². The molecule has 0 saturated heterocycles. The highest BCUT2D eigenvalue weighted by molar-refractivity contribution is 5.96. The summed E-state index contributed by atoms with van der Waals surface area (Å²) in [7, 11) is 1.81. The lowest BCUT2D eigenvalue weighted by Crippen LogP contribution is -2.13.